The summed E-state index contributed by atoms with van der Waals surface area (Å²) in [6.45, 7) is 0. The summed E-state index contributed by atoms with van der Waals surface area (Å²) in [4.78, 5) is 23.2. The van der Waals surface area contributed by atoms with Crippen LogP contribution in [-0.4, -0.2) is 24.0 Å². The van der Waals surface area contributed by atoms with E-state index in [4.69, 9.17) is 9.84 Å². The van der Waals surface area contributed by atoms with Crippen molar-refractivity contribution in [1.29, 1.82) is 0 Å². The standard InChI is InChI=1S/C14H15FO4/c1-19-12-5-4-10(15)7-11(12)13(16)8-2-3-9(6-8)14(17)18/h4-5,7-9H,2-3,6H2,1H3,(H,17,18). The number of halogens is 1. The molecule has 0 aliphatic heterocycles. The van der Waals surface area contributed by atoms with Crippen LogP contribution in [0, 0.1) is 17.7 Å². The van der Waals surface area contributed by atoms with E-state index < -0.39 is 17.7 Å². The monoisotopic (exact) mass is 266 g/mol. The topological polar surface area (TPSA) is 63.6 Å². The highest BCUT2D eigenvalue weighted by atomic mass is 19.1. The Balaban J connectivity index is 2.21. The van der Waals surface area contributed by atoms with Gasteiger partial charge in [0.1, 0.15) is 11.6 Å². The quantitative estimate of drug-likeness (QED) is 0.850. The molecule has 1 aliphatic rings. The minimum Gasteiger partial charge on any atom is -0.496 e. The first kappa shape index (κ1) is 13.5. The number of ether oxygens (including phenoxy) is 1. The van der Waals surface area contributed by atoms with Crippen LogP contribution in [0.2, 0.25) is 0 Å². The number of methoxy groups -OCH3 is 1. The van der Waals surface area contributed by atoms with Crippen molar-refractivity contribution in [2.24, 2.45) is 11.8 Å². The summed E-state index contributed by atoms with van der Waals surface area (Å²) in [7, 11) is 1.42. The van der Waals surface area contributed by atoms with Crippen LogP contribution in [0.4, 0.5) is 4.39 Å². The van der Waals surface area contributed by atoms with Gasteiger partial charge in [-0.05, 0) is 37.5 Å². The van der Waals surface area contributed by atoms with E-state index in [1.807, 2.05) is 0 Å². The molecule has 102 valence electrons. The fraction of sp³-hybridized carbons (Fsp3) is 0.429. The summed E-state index contributed by atoms with van der Waals surface area (Å²) in [5, 5.41) is 8.93. The Bertz CT molecular complexity index is 512. The number of rotatable bonds is 4. The minimum atomic E-state index is -0.874. The third-order valence-corrected chi connectivity index (χ3v) is 3.58. The molecule has 1 fully saturated rings. The van der Waals surface area contributed by atoms with Crippen molar-refractivity contribution in [2.75, 3.05) is 7.11 Å². The predicted octanol–water partition coefficient (Wildman–Crippen LogP) is 2.52. The van der Waals surface area contributed by atoms with Gasteiger partial charge in [-0.25, -0.2) is 4.39 Å². The molecule has 0 bridgehead atoms. The van der Waals surface area contributed by atoms with Gasteiger partial charge < -0.3 is 9.84 Å². The Morgan fingerprint density at radius 3 is 2.58 bits per heavy atom. The highest BCUT2D eigenvalue weighted by molar-refractivity contribution is 6.00. The molecule has 2 unspecified atom stereocenters. The fourth-order valence-corrected chi connectivity index (χ4v) is 2.54. The van der Waals surface area contributed by atoms with Gasteiger partial charge in [0.15, 0.2) is 5.78 Å². The van der Waals surface area contributed by atoms with Gasteiger partial charge in [0.25, 0.3) is 0 Å². The SMILES string of the molecule is COc1ccc(F)cc1C(=O)C1CCC(C(=O)O)C1. The summed E-state index contributed by atoms with van der Waals surface area (Å²) < 4.78 is 18.3. The predicted molar refractivity (Wildman–Crippen MR) is 65.7 cm³/mol. The lowest BCUT2D eigenvalue weighted by Gasteiger charge is -2.12. The second-order valence-corrected chi connectivity index (χ2v) is 4.75. The van der Waals surface area contributed by atoms with Crippen molar-refractivity contribution in [1.82, 2.24) is 0 Å². The Morgan fingerprint density at radius 2 is 2.00 bits per heavy atom. The number of hydrogen-bond donors (Lipinski definition) is 1. The molecular weight excluding hydrogens is 251 g/mol. The van der Waals surface area contributed by atoms with Gasteiger partial charge in [0.05, 0.1) is 18.6 Å². The molecule has 19 heavy (non-hydrogen) atoms. The number of carbonyl (C=O) groups excluding carboxylic acids is 1. The van der Waals surface area contributed by atoms with E-state index in [1.165, 1.54) is 19.2 Å². The van der Waals surface area contributed by atoms with Gasteiger partial charge in [-0.1, -0.05) is 0 Å². The number of ketones is 1. The maximum Gasteiger partial charge on any atom is 0.306 e. The van der Waals surface area contributed by atoms with E-state index in [0.717, 1.165) is 6.07 Å². The average molecular weight is 266 g/mol. The first-order chi connectivity index (χ1) is 9.02. The van der Waals surface area contributed by atoms with Crippen molar-refractivity contribution in [3.63, 3.8) is 0 Å². The molecule has 0 heterocycles. The van der Waals surface area contributed by atoms with Crippen molar-refractivity contribution in [3.05, 3.63) is 29.6 Å². The highest BCUT2D eigenvalue weighted by Crippen LogP contribution is 2.35. The Hall–Kier alpha value is -1.91. The van der Waals surface area contributed by atoms with E-state index in [1.54, 1.807) is 0 Å². The summed E-state index contributed by atoms with van der Waals surface area (Å²) in [5.74, 6) is -2.13. The van der Waals surface area contributed by atoms with Crippen LogP contribution in [0.3, 0.4) is 0 Å². The number of hydrogen-bond acceptors (Lipinski definition) is 3. The second-order valence-electron chi connectivity index (χ2n) is 4.75. The number of carbonyl (C=O) groups is 2. The summed E-state index contributed by atoms with van der Waals surface area (Å²) in [6, 6.07) is 3.78. The molecule has 0 radical (unpaired) electrons. The first-order valence-corrected chi connectivity index (χ1v) is 6.13. The number of carboxylic acid groups (broad SMARTS) is 1. The first-order valence-electron chi connectivity index (χ1n) is 6.13. The minimum absolute atomic E-state index is 0.193. The molecule has 0 saturated heterocycles. The molecule has 1 saturated carbocycles. The van der Waals surface area contributed by atoms with Crippen LogP contribution < -0.4 is 4.74 Å². The van der Waals surface area contributed by atoms with E-state index in [0.29, 0.717) is 25.0 Å². The summed E-state index contributed by atoms with van der Waals surface area (Å²) >= 11 is 0. The van der Waals surface area contributed by atoms with Crippen LogP contribution >= 0.6 is 0 Å². The van der Waals surface area contributed by atoms with E-state index in [2.05, 4.69) is 0 Å². The Labute approximate surface area is 110 Å². The number of benzene rings is 1. The molecule has 4 nitrogen and oxygen atoms in total. The third-order valence-electron chi connectivity index (χ3n) is 3.58. The van der Waals surface area contributed by atoms with Gasteiger partial charge in [-0.15, -0.1) is 0 Å². The number of Topliss-reactive ketones (excluding diaryl/α,β-unsaturated/α-hetero) is 1. The lowest BCUT2D eigenvalue weighted by atomic mass is 9.94. The zero-order valence-corrected chi connectivity index (χ0v) is 10.6. The maximum absolute atomic E-state index is 13.2. The van der Waals surface area contributed by atoms with Crippen molar-refractivity contribution >= 4 is 11.8 Å². The molecular formula is C14H15FO4. The Morgan fingerprint density at radius 1 is 1.32 bits per heavy atom. The normalized spacial score (nSPS) is 22.2. The molecule has 1 N–H and O–H groups in total. The van der Waals surface area contributed by atoms with Crippen molar-refractivity contribution < 1.29 is 23.8 Å². The van der Waals surface area contributed by atoms with E-state index in [-0.39, 0.29) is 17.3 Å². The maximum atomic E-state index is 13.2. The molecule has 1 aromatic carbocycles. The smallest absolute Gasteiger partial charge is 0.306 e. The van der Waals surface area contributed by atoms with Crippen LogP contribution in [0.25, 0.3) is 0 Å². The van der Waals surface area contributed by atoms with Crippen LogP contribution in [-0.2, 0) is 4.79 Å². The average Bonchev–Trinajstić information content (AvgIpc) is 2.87. The largest absolute Gasteiger partial charge is 0.496 e. The van der Waals surface area contributed by atoms with Gasteiger partial charge in [-0.2, -0.15) is 0 Å². The summed E-state index contributed by atoms with van der Waals surface area (Å²) in [6.07, 6.45) is 1.33. The molecule has 2 rings (SSSR count). The number of carboxylic acids is 1. The van der Waals surface area contributed by atoms with Crippen LogP contribution in [0.5, 0.6) is 5.75 Å². The molecule has 0 amide bonds. The zero-order valence-electron chi connectivity index (χ0n) is 10.6. The second kappa shape index (κ2) is 5.38. The lowest BCUT2D eigenvalue weighted by Crippen LogP contribution is -2.15. The van der Waals surface area contributed by atoms with Gasteiger partial charge in [0.2, 0.25) is 0 Å². The number of aliphatic carboxylic acids is 1. The third kappa shape index (κ3) is 2.75. The molecule has 1 aromatic rings. The lowest BCUT2D eigenvalue weighted by molar-refractivity contribution is -0.141. The molecule has 1 aliphatic carbocycles. The highest BCUT2D eigenvalue weighted by Gasteiger charge is 2.35. The van der Waals surface area contributed by atoms with Gasteiger partial charge in [-0.3, -0.25) is 9.59 Å². The van der Waals surface area contributed by atoms with E-state index in [9.17, 15) is 14.0 Å². The molecule has 0 aromatic heterocycles. The van der Waals surface area contributed by atoms with E-state index >= 15 is 0 Å². The zero-order chi connectivity index (χ0) is 14.0. The van der Waals surface area contributed by atoms with Crippen molar-refractivity contribution in [2.45, 2.75) is 19.3 Å². The van der Waals surface area contributed by atoms with Crippen LogP contribution in [0.1, 0.15) is 29.6 Å². The summed E-state index contributed by atoms with van der Waals surface area (Å²) in [5.41, 5.74) is 0.193. The Kier molecular flexibility index (Phi) is 3.83. The fourth-order valence-electron chi connectivity index (χ4n) is 2.54. The van der Waals surface area contributed by atoms with Gasteiger partial charge in [0, 0.05) is 5.92 Å². The molecule has 2 atom stereocenters. The van der Waals surface area contributed by atoms with Gasteiger partial charge >= 0.3 is 5.97 Å². The van der Waals surface area contributed by atoms with Crippen molar-refractivity contribution in [3.8, 4) is 5.75 Å². The van der Waals surface area contributed by atoms with Crippen LogP contribution in [0.15, 0.2) is 18.2 Å². The molecule has 0 spiro atoms. The molecule has 5 heteroatoms.